The molecule has 102 valence electrons. The zero-order valence-electron chi connectivity index (χ0n) is 10.8. The Morgan fingerprint density at radius 2 is 2.00 bits per heavy atom. The lowest BCUT2D eigenvalue weighted by Crippen LogP contribution is -2.24. The Morgan fingerprint density at radius 1 is 1.30 bits per heavy atom. The van der Waals surface area contributed by atoms with Gasteiger partial charge in [0.1, 0.15) is 5.75 Å². The number of nitrogens with zero attached hydrogens (tertiary/aromatic N) is 1. The molecule has 1 heterocycles. The topological polar surface area (TPSA) is 73.5 Å². The van der Waals surface area contributed by atoms with Crippen LogP contribution in [0.25, 0.3) is 11.6 Å². The second-order valence-corrected chi connectivity index (χ2v) is 4.09. The summed E-state index contributed by atoms with van der Waals surface area (Å²) in [5.74, 6) is -0.410. The van der Waals surface area contributed by atoms with Crippen LogP contribution in [0, 0.1) is 5.21 Å². The number of benzene rings is 1. The van der Waals surface area contributed by atoms with Gasteiger partial charge in [-0.15, -0.1) is 0 Å². The van der Waals surface area contributed by atoms with Crippen molar-refractivity contribution >= 4 is 17.6 Å². The molecule has 1 N–H and O–H groups in total. The largest absolute Gasteiger partial charge is 0.619 e. The Kier molecular flexibility index (Phi) is 4.00. The predicted octanol–water partition coefficient (Wildman–Crippen LogP) is 1.95. The Morgan fingerprint density at radius 3 is 2.55 bits per heavy atom. The third kappa shape index (κ3) is 3.14. The highest BCUT2D eigenvalue weighted by molar-refractivity contribution is 6.20. The average molecular weight is 271 g/mol. The fourth-order valence-electron chi connectivity index (χ4n) is 1.76. The van der Waals surface area contributed by atoms with Gasteiger partial charge in [-0.05, 0) is 29.8 Å². The molecule has 0 unspecified atom stereocenters. The molecule has 2 aromatic rings. The fraction of sp³-hybridized carbons (Fsp3) is 0.0667. The first kappa shape index (κ1) is 13.6. The zero-order chi connectivity index (χ0) is 14.5. The van der Waals surface area contributed by atoms with Gasteiger partial charge < -0.3 is 15.1 Å². The SMILES string of the molecule is COc1ccc(/C(=C\c2ccc[n+]([O-])c2)C(=O)O)cc1. The van der Waals surface area contributed by atoms with Crippen LogP contribution in [0.1, 0.15) is 11.1 Å². The first-order valence-electron chi connectivity index (χ1n) is 5.88. The van der Waals surface area contributed by atoms with Gasteiger partial charge in [-0.1, -0.05) is 12.1 Å². The molecule has 1 aromatic carbocycles. The van der Waals surface area contributed by atoms with Gasteiger partial charge in [-0.25, -0.2) is 4.79 Å². The molecule has 2 rings (SSSR count). The Hall–Kier alpha value is -2.82. The summed E-state index contributed by atoms with van der Waals surface area (Å²) >= 11 is 0. The third-order valence-electron chi connectivity index (χ3n) is 2.74. The van der Waals surface area contributed by atoms with Gasteiger partial charge in [-0.2, -0.15) is 4.73 Å². The number of ether oxygens (including phenoxy) is 1. The maximum atomic E-state index is 11.4. The highest BCUT2D eigenvalue weighted by Crippen LogP contribution is 2.21. The number of carboxylic acids is 1. The number of carboxylic acid groups (broad SMARTS) is 1. The smallest absolute Gasteiger partial charge is 0.336 e. The van der Waals surface area contributed by atoms with Crippen molar-refractivity contribution in [2.45, 2.75) is 0 Å². The van der Waals surface area contributed by atoms with Gasteiger partial charge in [0.25, 0.3) is 0 Å². The second kappa shape index (κ2) is 5.88. The van der Waals surface area contributed by atoms with Crippen molar-refractivity contribution in [2.75, 3.05) is 7.11 Å². The minimum absolute atomic E-state index is 0.110. The molecule has 5 nitrogen and oxygen atoms in total. The summed E-state index contributed by atoms with van der Waals surface area (Å²) in [7, 11) is 1.54. The minimum atomic E-state index is -1.06. The van der Waals surface area contributed by atoms with E-state index in [1.807, 2.05) is 0 Å². The molecule has 0 saturated carbocycles. The minimum Gasteiger partial charge on any atom is -0.619 e. The molecule has 1 aromatic heterocycles. The lowest BCUT2D eigenvalue weighted by Gasteiger charge is -2.05. The summed E-state index contributed by atoms with van der Waals surface area (Å²) in [6.07, 6.45) is 4.11. The second-order valence-electron chi connectivity index (χ2n) is 4.09. The number of methoxy groups -OCH3 is 1. The van der Waals surface area contributed by atoms with Crippen LogP contribution in [0.4, 0.5) is 0 Å². The summed E-state index contributed by atoms with van der Waals surface area (Å²) in [4.78, 5) is 11.4. The summed E-state index contributed by atoms with van der Waals surface area (Å²) in [5, 5.41) is 20.5. The van der Waals surface area contributed by atoms with Crippen molar-refractivity contribution in [1.82, 2.24) is 0 Å². The maximum absolute atomic E-state index is 11.4. The van der Waals surface area contributed by atoms with Crippen LogP contribution in [0.3, 0.4) is 0 Å². The van der Waals surface area contributed by atoms with Crippen molar-refractivity contribution in [3.05, 3.63) is 65.1 Å². The van der Waals surface area contributed by atoms with Crippen molar-refractivity contribution in [3.8, 4) is 5.75 Å². The quantitative estimate of drug-likeness (QED) is 0.524. The van der Waals surface area contributed by atoms with Crippen LogP contribution >= 0.6 is 0 Å². The fourth-order valence-corrected chi connectivity index (χ4v) is 1.76. The van der Waals surface area contributed by atoms with Crippen LogP contribution in [0.5, 0.6) is 5.75 Å². The van der Waals surface area contributed by atoms with E-state index in [2.05, 4.69) is 0 Å². The van der Waals surface area contributed by atoms with E-state index in [0.29, 0.717) is 21.6 Å². The van der Waals surface area contributed by atoms with E-state index in [1.165, 1.54) is 18.5 Å². The predicted molar refractivity (Wildman–Crippen MR) is 73.9 cm³/mol. The van der Waals surface area contributed by atoms with Gasteiger partial charge >= 0.3 is 5.97 Å². The Labute approximate surface area is 116 Å². The molecule has 0 aliphatic heterocycles. The van der Waals surface area contributed by atoms with Crippen LogP contribution in [0.2, 0.25) is 0 Å². The molecule has 0 amide bonds. The molecule has 0 saturated heterocycles. The third-order valence-corrected chi connectivity index (χ3v) is 2.74. The van der Waals surface area contributed by atoms with Gasteiger partial charge in [-0.3, -0.25) is 0 Å². The van der Waals surface area contributed by atoms with E-state index in [4.69, 9.17) is 4.74 Å². The highest BCUT2D eigenvalue weighted by Gasteiger charge is 2.11. The lowest BCUT2D eigenvalue weighted by molar-refractivity contribution is -0.605. The molecule has 0 aliphatic rings. The molecule has 0 spiro atoms. The van der Waals surface area contributed by atoms with Crippen LogP contribution < -0.4 is 9.47 Å². The molecule has 0 bridgehead atoms. The van der Waals surface area contributed by atoms with Crippen LogP contribution in [-0.2, 0) is 4.79 Å². The summed E-state index contributed by atoms with van der Waals surface area (Å²) in [6, 6.07) is 9.92. The number of carbonyl (C=O) groups is 1. The first-order valence-corrected chi connectivity index (χ1v) is 5.88. The van der Waals surface area contributed by atoms with Gasteiger partial charge in [0.2, 0.25) is 0 Å². The first-order chi connectivity index (χ1) is 9.60. The molecule has 0 aliphatic carbocycles. The zero-order valence-corrected chi connectivity index (χ0v) is 10.8. The van der Waals surface area contributed by atoms with E-state index in [0.717, 1.165) is 0 Å². The molecule has 0 atom stereocenters. The number of hydrogen-bond acceptors (Lipinski definition) is 3. The number of pyridine rings is 1. The van der Waals surface area contributed by atoms with E-state index >= 15 is 0 Å². The van der Waals surface area contributed by atoms with Gasteiger partial charge in [0.15, 0.2) is 12.4 Å². The van der Waals surface area contributed by atoms with Gasteiger partial charge in [0.05, 0.1) is 12.7 Å². The van der Waals surface area contributed by atoms with E-state index in [-0.39, 0.29) is 5.57 Å². The number of rotatable bonds is 4. The standard InChI is InChI=1S/C15H13NO4/c1-20-13-6-4-12(5-7-13)14(15(17)18)9-11-3-2-8-16(19)10-11/h2-10H,1H3,(H,17,18)/b14-9+. The maximum Gasteiger partial charge on any atom is 0.336 e. The van der Waals surface area contributed by atoms with E-state index in [1.54, 1.807) is 43.5 Å². The van der Waals surface area contributed by atoms with E-state index < -0.39 is 5.97 Å². The molecule has 0 radical (unpaired) electrons. The lowest BCUT2D eigenvalue weighted by atomic mass is 10.0. The van der Waals surface area contributed by atoms with Crippen molar-refractivity contribution in [1.29, 1.82) is 0 Å². The van der Waals surface area contributed by atoms with Crippen molar-refractivity contribution in [3.63, 3.8) is 0 Å². The van der Waals surface area contributed by atoms with Crippen molar-refractivity contribution < 1.29 is 19.4 Å². The van der Waals surface area contributed by atoms with Crippen LogP contribution in [-0.4, -0.2) is 18.2 Å². The normalized spacial score (nSPS) is 11.2. The summed E-state index contributed by atoms with van der Waals surface area (Å²) in [5.41, 5.74) is 1.18. The van der Waals surface area contributed by atoms with E-state index in [9.17, 15) is 15.1 Å². The number of aliphatic carboxylic acids is 1. The van der Waals surface area contributed by atoms with Crippen molar-refractivity contribution in [2.24, 2.45) is 0 Å². The monoisotopic (exact) mass is 271 g/mol. The molecule has 0 fully saturated rings. The number of aromatic nitrogens is 1. The Balaban J connectivity index is 2.42. The molecular weight excluding hydrogens is 258 g/mol. The Bertz CT molecular complexity index is 647. The highest BCUT2D eigenvalue weighted by atomic mass is 16.5. The average Bonchev–Trinajstić information content (AvgIpc) is 2.45. The molecular formula is C15H13NO4. The summed E-state index contributed by atoms with van der Waals surface area (Å²) < 4.78 is 5.66. The number of hydrogen-bond donors (Lipinski definition) is 1. The summed E-state index contributed by atoms with van der Waals surface area (Å²) in [6.45, 7) is 0. The van der Waals surface area contributed by atoms with Crippen LogP contribution in [0.15, 0.2) is 48.8 Å². The molecule has 20 heavy (non-hydrogen) atoms. The molecule has 5 heteroatoms. The van der Waals surface area contributed by atoms with Gasteiger partial charge in [0, 0.05) is 11.6 Å².